The summed E-state index contributed by atoms with van der Waals surface area (Å²) in [5.41, 5.74) is 1.12. The smallest absolute Gasteiger partial charge is 0.278 e. The number of carbonyl (C=O) groups is 1. The highest BCUT2D eigenvalue weighted by atomic mass is 32.1. The predicted molar refractivity (Wildman–Crippen MR) is 95.3 cm³/mol. The Balaban J connectivity index is 1.30. The van der Waals surface area contributed by atoms with Gasteiger partial charge >= 0.3 is 0 Å². The van der Waals surface area contributed by atoms with E-state index in [1.54, 1.807) is 4.90 Å². The van der Waals surface area contributed by atoms with Gasteiger partial charge in [-0.15, -0.1) is 11.3 Å². The topological polar surface area (TPSA) is 50.9 Å². The number of thiazole rings is 1. The molecule has 128 valence electrons. The molecule has 2 aromatic rings. The number of nitrogens with one attached hydrogen (secondary N) is 3. The summed E-state index contributed by atoms with van der Waals surface area (Å²) in [5, 5.41) is 4.37. The second-order valence-electron chi connectivity index (χ2n) is 7.16. The maximum atomic E-state index is 12.2. The molecule has 2 aliphatic rings. The van der Waals surface area contributed by atoms with Crippen molar-refractivity contribution in [3.05, 3.63) is 29.3 Å². The van der Waals surface area contributed by atoms with E-state index in [1.807, 2.05) is 11.3 Å². The van der Waals surface area contributed by atoms with E-state index >= 15 is 0 Å². The van der Waals surface area contributed by atoms with E-state index in [0.717, 1.165) is 51.1 Å². The highest BCUT2D eigenvalue weighted by Crippen LogP contribution is 2.20. The Morgan fingerprint density at radius 2 is 2.04 bits per heavy atom. The Morgan fingerprint density at radius 3 is 2.75 bits per heavy atom. The molecule has 2 fully saturated rings. The van der Waals surface area contributed by atoms with Crippen LogP contribution in [0.1, 0.15) is 24.8 Å². The third-order valence-corrected chi connectivity index (χ3v) is 6.30. The molecule has 1 aromatic carbocycles. The predicted octanol–water partition coefficient (Wildman–Crippen LogP) is -0.753. The number of hydrogen-bond donors (Lipinski definition) is 3. The lowest BCUT2D eigenvalue weighted by atomic mass is 10.2. The normalized spacial score (nSPS) is 25.5. The lowest BCUT2D eigenvalue weighted by molar-refractivity contribution is -1.02. The number of piperazine rings is 1. The maximum Gasteiger partial charge on any atom is 0.278 e. The van der Waals surface area contributed by atoms with E-state index in [4.69, 9.17) is 4.98 Å². The van der Waals surface area contributed by atoms with Crippen LogP contribution in [-0.4, -0.2) is 49.2 Å². The SMILES string of the molecule is C[C@H](C(=O)NC1CC1)[NH+]1CC[NH+](Cc2nc3ccccc3s2)CC1. The highest BCUT2D eigenvalue weighted by molar-refractivity contribution is 7.18. The largest absolute Gasteiger partial charge is 0.348 e. The summed E-state index contributed by atoms with van der Waals surface area (Å²) < 4.78 is 1.28. The van der Waals surface area contributed by atoms with E-state index in [1.165, 1.54) is 14.6 Å². The first-order valence-electron chi connectivity index (χ1n) is 9.02. The Hall–Kier alpha value is -1.50. The molecule has 0 unspecified atom stereocenters. The van der Waals surface area contributed by atoms with Gasteiger partial charge in [-0.2, -0.15) is 0 Å². The van der Waals surface area contributed by atoms with Gasteiger partial charge < -0.3 is 15.1 Å². The van der Waals surface area contributed by atoms with Crippen molar-refractivity contribution in [3.8, 4) is 0 Å². The summed E-state index contributed by atoms with van der Waals surface area (Å²) >= 11 is 1.81. The third kappa shape index (κ3) is 3.61. The summed E-state index contributed by atoms with van der Waals surface area (Å²) in [6.45, 7) is 7.46. The number of aromatic nitrogens is 1. The molecule has 1 saturated carbocycles. The standard InChI is InChI=1S/C18H24N4OS/c1-13(18(23)19-14-6-7-14)22-10-8-21(9-11-22)12-17-20-15-4-2-3-5-16(15)24-17/h2-5,13-14H,6-12H2,1H3,(H,19,23)/p+2/t13-/m1/s1. The summed E-state index contributed by atoms with van der Waals surface area (Å²) in [5.74, 6) is 0.238. The fourth-order valence-electron chi connectivity index (χ4n) is 3.48. The van der Waals surface area contributed by atoms with Crippen molar-refractivity contribution in [3.63, 3.8) is 0 Å². The Bertz CT molecular complexity index is 686. The summed E-state index contributed by atoms with van der Waals surface area (Å²) in [6.07, 6.45) is 2.32. The lowest BCUT2D eigenvalue weighted by Gasteiger charge is -2.32. The molecule has 24 heavy (non-hydrogen) atoms. The number of fused-ring (bicyclic) bond motifs is 1. The molecule has 6 heteroatoms. The van der Waals surface area contributed by atoms with Crippen molar-refractivity contribution in [2.75, 3.05) is 26.2 Å². The van der Waals surface area contributed by atoms with Gasteiger partial charge in [-0.3, -0.25) is 4.79 Å². The van der Waals surface area contributed by atoms with Crippen LogP contribution in [0.15, 0.2) is 24.3 Å². The van der Waals surface area contributed by atoms with Crippen molar-refractivity contribution < 1.29 is 14.6 Å². The van der Waals surface area contributed by atoms with Gasteiger partial charge in [-0.05, 0) is 31.9 Å². The molecule has 0 spiro atoms. The van der Waals surface area contributed by atoms with Crippen molar-refractivity contribution in [2.45, 2.75) is 38.4 Å². The number of quaternary nitrogens is 2. The molecular weight excluding hydrogens is 320 g/mol. The minimum atomic E-state index is 0.0783. The van der Waals surface area contributed by atoms with E-state index in [0.29, 0.717) is 6.04 Å². The molecule has 1 aromatic heterocycles. The first-order valence-corrected chi connectivity index (χ1v) is 9.83. The molecule has 4 rings (SSSR count). The second kappa shape index (κ2) is 6.78. The van der Waals surface area contributed by atoms with Gasteiger partial charge in [0.2, 0.25) is 0 Å². The van der Waals surface area contributed by atoms with Crippen molar-refractivity contribution in [1.29, 1.82) is 0 Å². The van der Waals surface area contributed by atoms with E-state index in [-0.39, 0.29) is 11.9 Å². The molecule has 3 N–H and O–H groups in total. The van der Waals surface area contributed by atoms with Gasteiger partial charge in [0.25, 0.3) is 5.91 Å². The molecule has 1 atom stereocenters. The number of nitrogens with zero attached hydrogens (tertiary/aromatic N) is 1. The molecular formula is C18H26N4OS+2. The van der Waals surface area contributed by atoms with Crippen molar-refractivity contribution >= 4 is 27.5 Å². The highest BCUT2D eigenvalue weighted by Gasteiger charge is 2.33. The van der Waals surface area contributed by atoms with Crippen LogP contribution in [0.3, 0.4) is 0 Å². The van der Waals surface area contributed by atoms with Crippen LogP contribution in [0.2, 0.25) is 0 Å². The van der Waals surface area contributed by atoms with Gasteiger partial charge in [0.1, 0.15) is 37.7 Å². The summed E-state index contributed by atoms with van der Waals surface area (Å²) in [6, 6.07) is 8.91. The van der Waals surface area contributed by atoms with E-state index in [9.17, 15) is 4.79 Å². The van der Waals surface area contributed by atoms with Crippen LogP contribution in [0.4, 0.5) is 0 Å². The summed E-state index contributed by atoms with van der Waals surface area (Å²) in [7, 11) is 0. The van der Waals surface area contributed by atoms with Gasteiger partial charge in [0.05, 0.1) is 10.2 Å². The molecule has 0 radical (unpaired) electrons. The number of carbonyl (C=O) groups excluding carboxylic acids is 1. The van der Waals surface area contributed by atoms with Crippen LogP contribution in [0.25, 0.3) is 10.2 Å². The van der Waals surface area contributed by atoms with Crippen molar-refractivity contribution in [2.24, 2.45) is 0 Å². The average molecular weight is 347 g/mol. The molecule has 1 amide bonds. The van der Waals surface area contributed by atoms with Gasteiger partial charge in [-0.25, -0.2) is 4.98 Å². The molecule has 1 saturated heterocycles. The van der Waals surface area contributed by atoms with Crippen LogP contribution in [-0.2, 0) is 11.3 Å². The van der Waals surface area contributed by atoms with Crippen LogP contribution in [0, 0.1) is 0 Å². The zero-order valence-electron chi connectivity index (χ0n) is 14.2. The second-order valence-corrected chi connectivity index (χ2v) is 8.28. The maximum absolute atomic E-state index is 12.2. The fourth-order valence-corrected chi connectivity index (χ4v) is 4.52. The molecule has 1 aliphatic carbocycles. The number of benzene rings is 1. The summed E-state index contributed by atoms with van der Waals surface area (Å²) in [4.78, 5) is 20.0. The number of amides is 1. The average Bonchev–Trinajstić information content (AvgIpc) is 3.31. The van der Waals surface area contributed by atoms with Gasteiger partial charge in [0, 0.05) is 6.04 Å². The number of para-hydroxylation sites is 1. The Labute approximate surface area is 146 Å². The van der Waals surface area contributed by atoms with Gasteiger partial charge in [0.15, 0.2) is 6.04 Å². The number of rotatable bonds is 5. The zero-order valence-corrected chi connectivity index (χ0v) is 15.0. The molecule has 1 aliphatic heterocycles. The fraction of sp³-hybridized carbons (Fsp3) is 0.556. The van der Waals surface area contributed by atoms with Crippen LogP contribution < -0.4 is 15.1 Å². The minimum Gasteiger partial charge on any atom is -0.348 e. The first-order chi connectivity index (χ1) is 11.7. The zero-order chi connectivity index (χ0) is 16.5. The monoisotopic (exact) mass is 346 g/mol. The lowest BCUT2D eigenvalue weighted by Crippen LogP contribution is -3.29. The minimum absolute atomic E-state index is 0.0783. The van der Waals surface area contributed by atoms with Crippen LogP contribution in [0.5, 0.6) is 0 Å². The first kappa shape index (κ1) is 16.0. The third-order valence-electron chi connectivity index (χ3n) is 5.27. The molecule has 0 bridgehead atoms. The number of hydrogen-bond acceptors (Lipinski definition) is 3. The Kier molecular flexibility index (Phi) is 4.52. The van der Waals surface area contributed by atoms with Gasteiger partial charge in [-0.1, -0.05) is 12.1 Å². The van der Waals surface area contributed by atoms with E-state index < -0.39 is 0 Å². The van der Waals surface area contributed by atoms with E-state index in [2.05, 4.69) is 36.5 Å². The van der Waals surface area contributed by atoms with Crippen LogP contribution >= 0.6 is 11.3 Å². The Morgan fingerprint density at radius 1 is 1.29 bits per heavy atom. The van der Waals surface area contributed by atoms with Crippen molar-refractivity contribution in [1.82, 2.24) is 10.3 Å². The molecule has 2 heterocycles. The quantitative estimate of drug-likeness (QED) is 0.667. The molecule has 5 nitrogen and oxygen atoms in total.